The van der Waals surface area contributed by atoms with Gasteiger partial charge in [0.1, 0.15) is 0 Å². The fourth-order valence-corrected chi connectivity index (χ4v) is 2.75. The van der Waals surface area contributed by atoms with Crippen LogP contribution >= 0.6 is 0 Å². The Balaban J connectivity index is 1.78. The van der Waals surface area contributed by atoms with E-state index in [0.717, 1.165) is 26.2 Å². The molecule has 1 atom stereocenters. The van der Waals surface area contributed by atoms with E-state index >= 15 is 0 Å². The number of rotatable bonds is 2. The molecular weight excluding hydrogens is 220 g/mol. The van der Waals surface area contributed by atoms with E-state index in [-0.39, 0.29) is 0 Å². The van der Waals surface area contributed by atoms with Gasteiger partial charge in [0.15, 0.2) is 0 Å². The summed E-state index contributed by atoms with van der Waals surface area (Å²) in [5.74, 6) is 0. The van der Waals surface area contributed by atoms with Crippen molar-refractivity contribution in [1.82, 2.24) is 10.2 Å². The summed E-state index contributed by atoms with van der Waals surface area (Å²) in [6.45, 7) is 6.72. The largest absolute Gasteiger partial charge is 0.312 e. The molecule has 0 spiro atoms. The van der Waals surface area contributed by atoms with Crippen molar-refractivity contribution in [3.8, 4) is 0 Å². The van der Waals surface area contributed by atoms with E-state index in [0.29, 0.717) is 6.04 Å². The van der Waals surface area contributed by atoms with Crippen molar-refractivity contribution in [2.75, 3.05) is 19.6 Å². The first-order valence-electron chi connectivity index (χ1n) is 6.75. The molecule has 3 rings (SSSR count). The number of hydrogen-bond acceptors (Lipinski definition) is 2. The van der Waals surface area contributed by atoms with Gasteiger partial charge in [0.2, 0.25) is 0 Å². The van der Waals surface area contributed by atoms with Crippen LogP contribution in [0.3, 0.4) is 0 Å². The number of piperazine rings is 1. The summed E-state index contributed by atoms with van der Waals surface area (Å²) in [7, 11) is 0. The number of hydrogen-bond donors (Lipinski definition) is 1. The van der Waals surface area contributed by atoms with Crippen LogP contribution in [-0.4, -0.2) is 30.6 Å². The third-order valence-electron chi connectivity index (χ3n) is 3.67. The number of nitrogens with zero attached hydrogens (tertiary/aromatic N) is 1. The molecule has 0 saturated carbocycles. The van der Waals surface area contributed by atoms with E-state index in [1.807, 2.05) is 0 Å². The van der Waals surface area contributed by atoms with E-state index in [4.69, 9.17) is 0 Å². The van der Waals surface area contributed by atoms with Crippen molar-refractivity contribution < 1.29 is 0 Å². The lowest BCUT2D eigenvalue weighted by atomic mass is 10.1. The first kappa shape index (κ1) is 11.7. The lowest BCUT2D eigenvalue weighted by molar-refractivity contribution is 0.200. The van der Waals surface area contributed by atoms with Crippen molar-refractivity contribution in [2.24, 2.45) is 0 Å². The Bertz CT molecular complexity index is 535. The summed E-state index contributed by atoms with van der Waals surface area (Å²) >= 11 is 0. The van der Waals surface area contributed by atoms with Gasteiger partial charge in [-0.05, 0) is 29.3 Å². The summed E-state index contributed by atoms with van der Waals surface area (Å²) in [6.07, 6.45) is 0. The molecule has 2 aromatic rings. The second-order valence-electron chi connectivity index (χ2n) is 5.27. The maximum absolute atomic E-state index is 3.49. The van der Waals surface area contributed by atoms with Crippen LogP contribution in [0.15, 0.2) is 42.5 Å². The van der Waals surface area contributed by atoms with Crippen LogP contribution in [0.4, 0.5) is 0 Å². The Morgan fingerprint density at radius 2 is 2.00 bits per heavy atom. The first-order chi connectivity index (χ1) is 8.81. The van der Waals surface area contributed by atoms with Crippen molar-refractivity contribution in [3.05, 3.63) is 48.0 Å². The lowest BCUT2D eigenvalue weighted by Crippen LogP contribution is -2.48. The summed E-state index contributed by atoms with van der Waals surface area (Å²) < 4.78 is 0. The summed E-state index contributed by atoms with van der Waals surface area (Å²) in [5.41, 5.74) is 1.42. The Labute approximate surface area is 109 Å². The molecule has 0 unspecified atom stereocenters. The van der Waals surface area contributed by atoms with Crippen LogP contribution in [0.5, 0.6) is 0 Å². The molecular formula is C16H20N2. The molecule has 18 heavy (non-hydrogen) atoms. The smallest absolute Gasteiger partial charge is 0.0235 e. The van der Waals surface area contributed by atoms with Crippen molar-refractivity contribution in [2.45, 2.75) is 19.5 Å². The van der Waals surface area contributed by atoms with Crippen LogP contribution in [0.2, 0.25) is 0 Å². The average molecular weight is 240 g/mol. The molecule has 94 valence electrons. The molecule has 2 heteroatoms. The second-order valence-corrected chi connectivity index (χ2v) is 5.27. The summed E-state index contributed by atoms with van der Waals surface area (Å²) in [5, 5.41) is 6.16. The van der Waals surface area contributed by atoms with Gasteiger partial charge >= 0.3 is 0 Å². The van der Waals surface area contributed by atoms with E-state index < -0.39 is 0 Å². The molecule has 0 aromatic heterocycles. The standard InChI is InChI=1S/C16H20N2/c1-13-11-18(9-8-17-13)12-14-6-7-15-4-2-3-5-16(15)10-14/h2-7,10,13,17H,8-9,11-12H2,1H3/t13-/m0/s1. The first-order valence-corrected chi connectivity index (χ1v) is 6.75. The Hall–Kier alpha value is -1.38. The normalized spacial score (nSPS) is 21.3. The van der Waals surface area contributed by atoms with Crippen LogP contribution in [-0.2, 0) is 6.54 Å². The topological polar surface area (TPSA) is 15.3 Å². The summed E-state index contributed by atoms with van der Waals surface area (Å²) in [4.78, 5) is 2.53. The van der Waals surface area contributed by atoms with Gasteiger partial charge in [-0.15, -0.1) is 0 Å². The maximum atomic E-state index is 3.49. The lowest BCUT2D eigenvalue weighted by Gasteiger charge is -2.31. The van der Waals surface area contributed by atoms with E-state index in [1.54, 1.807) is 0 Å². The van der Waals surface area contributed by atoms with Gasteiger partial charge in [-0.25, -0.2) is 0 Å². The van der Waals surface area contributed by atoms with Crippen molar-refractivity contribution in [3.63, 3.8) is 0 Å². The molecule has 2 nitrogen and oxygen atoms in total. The van der Waals surface area contributed by atoms with Crippen LogP contribution in [0.25, 0.3) is 10.8 Å². The SMILES string of the molecule is C[C@H]1CN(Cc2ccc3ccccc3c2)CCN1. The molecule has 1 aliphatic rings. The van der Waals surface area contributed by atoms with E-state index in [2.05, 4.69) is 59.6 Å². The molecule has 1 heterocycles. The summed E-state index contributed by atoms with van der Waals surface area (Å²) in [6, 6.07) is 16.0. The second kappa shape index (κ2) is 5.09. The van der Waals surface area contributed by atoms with Gasteiger partial charge in [0.05, 0.1) is 0 Å². The molecule has 0 amide bonds. The monoisotopic (exact) mass is 240 g/mol. The fourth-order valence-electron chi connectivity index (χ4n) is 2.75. The van der Waals surface area contributed by atoms with Crippen molar-refractivity contribution >= 4 is 10.8 Å². The molecule has 0 bridgehead atoms. The molecule has 1 aliphatic heterocycles. The Morgan fingerprint density at radius 3 is 2.83 bits per heavy atom. The molecule has 0 radical (unpaired) electrons. The van der Waals surface area contributed by atoms with E-state index in [1.165, 1.54) is 16.3 Å². The highest BCUT2D eigenvalue weighted by atomic mass is 15.2. The van der Waals surface area contributed by atoms with Gasteiger partial charge in [-0.2, -0.15) is 0 Å². The zero-order valence-electron chi connectivity index (χ0n) is 10.9. The third-order valence-corrected chi connectivity index (χ3v) is 3.67. The number of fused-ring (bicyclic) bond motifs is 1. The molecule has 2 aromatic carbocycles. The molecule has 1 fully saturated rings. The highest BCUT2D eigenvalue weighted by Gasteiger charge is 2.15. The van der Waals surface area contributed by atoms with Crippen molar-refractivity contribution in [1.29, 1.82) is 0 Å². The third kappa shape index (κ3) is 2.55. The Morgan fingerprint density at radius 1 is 1.17 bits per heavy atom. The zero-order valence-corrected chi connectivity index (χ0v) is 10.9. The maximum Gasteiger partial charge on any atom is 0.0235 e. The predicted molar refractivity (Wildman–Crippen MR) is 76.7 cm³/mol. The van der Waals surface area contributed by atoms with Gasteiger partial charge < -0.3 is 5.32 Å². The quantitative estimate of drug-likeness (QED) is 0.868. The minimum Gasteiger partial charge on any atom is -0.312 e. The van der Waals surface area contributed by atoms with Gasteiger partial charge in [-0.3, -0.25) is 4.90 Å². The predicted octanol–water partition coefficient (Wildman–Crippen LogP) is 2.63. The zero-order chi connectivity index (χ0) is 12.4. The molecule has 1 N–H and O–H groups in total. The van der Waals surface area contributed by atoms with E-state index in [9.17, 15) is 0 Å². The average Bonchev–Trinajstić information content (AvgIpc) is 2.39. The fraction of sp³-hybridized carbons (Fsp3) is 0.375. The molecule has 1 saturated heterocycles. The van der Waals surface area contributed by atoms with Gasteiger partial charge in [-0.1, -0.05) is 36.4 Å². The highest BCUT2D eigenvalue weighted by Crippen LogP contribution is 2.17. The highest BCUT2D eigenvalue weighted by molar-refractivity contribution is 5.82. The van der Waals surface area contributed by atoms with Crippen LogP contribution < -0.4 is 5.32 Å². The van der Waals surface area contributed by atoms with Gasteiger partial charge in [0, 0.05) is 32.2 Å². The minimum absolute atomic E-state index is 0.610. The number of nitrogens with one attached hydrogen (secondary N) is 1. The number of benzene rings is 2. The van der Waals surface area contributed by atoms with Crippen LogP contribution in [0.1, 0.15) is 12.5 Å². The minimum atomic E-state index is 0.610. The van der Waals surface area contributed by atoms with Crippen LogP contribution in [0, 0.1) is 0 Å². The Kier molecular flexibility index (Phi) is 3.31. The molecule has 0 aliphatic carbocycles. The van der Waals surface area contributed by atoms with Gasteiger partial charge in [0.25, 0.3) is 0 Å².